The molecule has 0 radical (unpaired) electrons. The van der Waals surface area contributed by atoms with Crippen molar-refractivity contribution >= 4 is 41.0 Å². The molecule has 3 aliphatic rings. The van der Waals surface area contributed by atoms with Crippen molar-refractivity contribution in [1.82, 2.24) is 19.9 Å². The van der Waals surface area contributed by atoms with Gasteiger partial charge in [0.15, 0.2) is 5.84 Å². The highest BCUT2D eigenvalue weighted by molar-refractivity contribution is 6.34. The second-order valence-corrected chi connectivity index (χ2v) is 11.0. The number of aliphatic imine (C=N–C) groups is 1. The van der Waals surface area contributed by atoms with Gasteiger partial charge in [-0.25, -0.2) is 9.98 Å². The second-order valence-electron chi connectivity index (χ2n) is 10.6. The summed E-state index contributed by atoms with van der Waals surface area (Å²) in [6.45, 7) is 0.486. The molecule has 1 spiro atoms. The Morgan fingerprint density at radius 1 is 1.07 bits per heavy atom. The van der Waals surface area contributed by atoms with Crippen LogP contribution in [0.25, 0.3) is 0 Å². The van der Waals surface area contributed by atoms with Gasteiger partial charge in [-0.15, -0.1) is 0 Å². The summed E-state index contributed by atoms with van der Waals surface area (Å²) in [4.78, 5) is 58.7. The van der Waals surface area contributed by atoms with Gasteiger partial charge >= 0.3 is 0 Å². The average Bonchev–Trinajstić information content (AvgIpc) is 3.23. The predicted octanol–water partition coefficient (Wildman–Crippen LogP) is 2.21. The fourth-order valence-electron chi connectivity index (χ4n) is 5.89. The number of nitrogens with zero attached hydrogens (tertiary/aromatic N) is 5. The van der Waals surface area contributed by atoms with Crippen molar-refractivity contribution < 1.29 is 19.1 Å². The van der Waals surface area contributed by atoms with Gasteiger partial charge in [-0.2, -0.15) is 0 Å². The van der Waals surface area contributed by atoms with E-state index in [1.165, 1.54) is 4.90 Å². The molecule has 2 aliphatic heterocycles. The van der Waals surface area contributed by atoms with Crippen molar-refractivity contribution in [2.45, 2.75) is 43.1 Å². The maximum atomic E-state index is 13.7. The third-order valence-electron chi connectivity index (χ3n) is 8.16. The zero-order valence-electron chi connectivity index (χ0n) is 22.2. The fraction of sp³-hybridized carbons (Fsp3) is 0.345. The quantitative estimate of drug-likeness (QED) is 0.458. The van der Waals surface area contributed by atoms with E-state index in [9.17, 15) is 14.4 Å². The lowest BCUT2D eigenvalue weighted by atomic mass is 9.67. The molecule has 5 heterocycles. The number of halogens is 1. The molecule has 3 aromatic rings. The van der Waals surface area contributed by atoms with Crippen LogP contribution in [-0.4, -0.2) is 68.7 Å². The van der Waals surface area contributed by atoms with Crippen LogP contribution in [0.15, 0.2) is 60.1 Å². The molecular formula is C29H28ClN7O4. The van der Waals surface area contributed by atoms with Gasteiger partial charge in [0.25, 0.3) is 5.91 Å². The van der Waals surface area contributed by atoms with Gasteiger partial charge in [0, 0.05) is 50.8 Å². The molecule has 0 saturated carbocycles. The first-order valence-electron chi connectivity index (χ1n) is 13.4. The van der Waals surface area contributed by atoms with Crippen LogP contribution in [0.2, 0.25) is 5.02 Å². The molecule has 0 aromatic carbocycles. The van der Waals surface area contributed by atoms with E-state index in [0.29, 0.717) is 61.9 Å². The summed E-state index contributed by atoms with van der Waals surface area (Å²) in [5, 5.41) is 3.14. The van der Waals surface area contributed by atoms with Crippen molar-refractivity contribution in [3.63, 3.8) is 0 Å². The molecule has 1 fully saturated rings. The normalized spacial score (nSPS) is 21.3. The van der Waals surface area contributed by atoms with Crippen LogP contribution in [0.5, 0.6) is 0 Å². The molecular weight excluding hydrogens is 546 g/mol. The van der Waals surface area contributed by atoms with Crippen molar-refractivity contribution in [3.8, 4) is 0 Å². The third-order valence-corrected chi connectivity index (χ3v) is 8.47. The van der Waals surface area contributed by atoms with Crippen molar-refractivity contribution in [2.24, 2.45) is 10.7 Å². The Bertz CT molecular complexity index is 1560. The molecule has 11 nitrogen and oxygen atoms in total. The number of pyridine rings is 3. The number of aryl methyl sites for hydroxylation is 1. The molecule has 12 heteroatoms. The number of carbonyl (C=O) groups is 3. The van der Waals surface area contributed by atoms with Gasteiger partial charge < -0.3 is 15.8 Å². The van der Waals surface area contributed by atoms with Gasteiger partial charge in [-0.05, 0) is 60.2 Å². The number of nitrogens with two attached hydrogens (primary N) is 1. The lowest BCUT2D eigenvalue weighted by molar-refractivity contribution is -0.136. The third kappa shape index (κ3) is 4.85. The van der Waals surface area contributed by atoms with Crippen molar-refractivity contribution in [1.29, 1.82) is 0 Å². The minimum absolute atomic E-state index is 0.263. The number of fused-ring (bicyclic) bond motifs is 1. The smallest absolute Gasteiger partial charge is 0.256 e. The van der Waals surface area contributed by atoms with Crippen LogP contribution in [0.4, 0.5) is 5.82 Å². The number of ether oxygens (including phenoxy) is 1. The highest BCUT2D eigenvalue weighted by Crippen LogP contribution is 2.39. The number of hydrogen-bond acceptors (Lipinski definition) is 8. The van der Waals surface area contributed by atoms with Crippen LogP contribution in [-0.2, 0) is 37.4 Å². The first kappa shape index (κ1) is 27.0. The van der Waals surface area contributed by atoms with Crippen LogP contribution < -0.4 is 11.1 Å². The molecule has 3 amide bonds. The summed E-state index contributed by atoms with van der Waals surface area (Å²) in [5.41, 5.74) is 6.95. The summed E-state index contributed by atoms with van der Waals surface area (Å²) >= 11 is 6.41. The van der Waals surface area contributed by atoms with Gasteiger partial charge in [-0.3, -0.25) is 29.3 Å². The zero-order chi connectivity index (χ0) is 28.6. The fourth-order valence-corrected chi connectivity index (χ4v) is 6.09. The van der Waals surface area contributed by atoms with Crippen LogP contribution in [0.3, 0.4) is 0 Å². The highest BCUT2D eigenvalue weighted by atomic mass is 35.5. The number of rotatable bonds is 6. The zero-order valence-corrected chi connectivity index (χ0v) is 22.9. The number of amidine groups is 1. The van der Waals surface area contributed by atoms with E-state index < -0.39 is 22.8 Å². The monoisotopic (exact) mass is 573 g/mol. The Balaban J connectivity index is 1.24. The Labute approximate surface area is 241 Å². The molecule has 41 heavy (non-hydrogen) atoms. The highest BCUT2D eigenvalue weighted by Gasteiger charge is 2.50. The summed E-state index contributed by atoms with van der Waals surface area (Å²) in [7, 11) is 0. The van der Waals surface area contributed by atoms with E-state index in [2.05, 4.69) is 20.3 Å². The SMILES string of the molecule is NC(=O)C1(c2cccnc2)CCc2cnc(NC(=O)CN3C(=O)C4(CCOCC4)N=C3c3ncccc3Cl)cc2C1. The summed E-state index contributed by atoms with van der Waals surface area (Å²) in [6.07, 6.45) is 8.91. The van der Waals surface area contributed by atoms with Gasteiger partial charge in [-0.1, -0.05) is 17.7 Å². The predicted molar refractivity (Wildman–Crippen MR) is 150 cm³/mol. The Morgan fingerprint density at radius 3 is 2.61 bits per heavy atom. The van der Waals surface area contributed by atoms with Crippen molar-refractivity contribution in [3.05, 3.63) is 82.5 Å². The maximum absolute atomic E-state index is 13.7. The molecule has 3 N–H and O–H groups in total. The molecule has 0 bridgehead atoms. The lowest BCUT2D eigenvalue weighted by Crippen LogP contribution is -2.48. The maximum Gasteiger partial charge on any atom is 0.256 e. The molecule has 210 valence electrons. The average molecular weight is 574 g/mol. The van der Waals surface area contributed by atoms with E-state index in [-0.39, 0.29) is 18.3 Å². The number of carbonyl (C=O) groups excluding carboxylic acids is 3. The number of nitrogens with one attached hydrogen (secondary N) is 1. The first-order chi connectivity index (χ1) is 19.8. The molecule has 1 saturated heterocycles. The van der Waals surface area contributed by atoms with Gasteiger partial charge in [0.05, 0.1) is 10.4 Å². The molecule has 1 atom stereocenters. The largest absolute Gasteiger partial charge is 0.381 e. The number of aromatic nitrogens is 3. The standard InChI is InChI=1S/C29H28ClN7O4/c30-21-4-2-10-33-24(21)25-36-29(7-11-41-12-8-29)27(40)37(25)17-23(38)35-22-13-19-14-28(26(31)39,6-5-18(19)15-34-22)20-3-1-9-32-16-20/h1-4,9-10,13,15-16H,5-8,11-12,14,17H2,(H2,31,39)(H,34,35,38). The number of amides is 3. The lowest BCUT2D eigenvalue weighted by Gasteiger charge is -2.35. The Morgan fingerprint density at radius 2 is 1.88 bits per heavy atom. The molecule has 6 rings (SSSR count). The van der Waals surface area contributed by atoms with Crippen LogP contribution in [0.1, 0.15) is 41.6 Å². The molecule has 1 aliphatic carbocycles. The number of anilines is 1. The summed E-state index contributed by atoms with van der Waals surface area (Å²) < 4.78 is 5.47. The van der Waals surface area contributed by atoms with E-state index in [1.807, 2.05) is 6.07 Å². The minimum Gasteiger partial charge on any atom is -0.381 e. The molecule has 1 unspecified atom stereocenters. The van der Waals surface area contributed by atoms with Crippen LogP contribution >= 0.6 is 11.6 Å². The van der Waals surface area contributed by atoms with E-state index in [0.717, 1.165) is 16.7 Å². The van der Waals surface area contributed by atoms with Crippen LogP contribution in [0, 0.1) is 0 Å². The minimum atomic E-state index is -1.01. The first-order valence-corrected chi connectivity index (χ1v) is 13.8. The van der Waals surface area contributed by atoms with E-state index in [1.54, 1.807) is 49.1 Å². The van der Waals surface area contributed by atoms with Gasteiger partial charge in [0.1, 0.15) is 23.6 Å². The number of hydrogen-bond donors (Lipinski definition) is 2. The topological polar surface area (TPSA) is 153 Å². The molecule has 3 aromatic heterocycles. The van der Waals surface area contributed by atoms with Crippen molar-refractivity contribution in [2.75, 3.05) is 25.1 Å². The Hall–Kier alpha value is -4.22. The Kier molecular flexibility index (Phi) is 7.00. The number of primary amides is 1. The summed E-state index contributed by atoms with van der Waals surface area (Å²) in [5.74, 6) is -0.596. The summed E-state index contributed by atoms with van der Waals surface area (Å²) in [6, 6.07) is 8.76. The van der Waals surface area contributed by atoms with E-state index in [4.69, 9.17) is 27.1 Å². The van der Waals surface area contributed by atoms with Gasteiger partial charge in [0.2, 0.25) is 11.8 Å². The van der Waals surface area contributed by atoms with E-state index >= 15 is 0 Å². The second kappa shape index (κ2) is 10.6.